The number of fused-ring (bicyclic) bond motifs is 1. The van der Waals surface area contributed by atoms with Crippen molar-refractivity contribution in [3.8, 4) is 0 Å². The Labute approximate surface area is 98.7 Å². The molecule has 2 N–H and O–H groups in total. The van der Waals surface area contributed by atoms with Gasteiger partial charge in [-0.3, -0.25) is 4.79 Å². The lowest BCUT2D eigenvalue weighted by molar-refractivity contribution is -0.162. The first-order chi connectivity index (χ1) is 7.40. The van der Waals surface area contributed by atoms with E-state index in [2.05, 4.69) is 0 Å². The average molecular weight is 244 g/mol. The monoisotopic (exact) mass is 244 g/mol. The average Bonchev–Trinajstić information content (AvgIpc) is 2.47. The molecule has 0 aromatic carbocycles. The van der Waals surface area contributed by atoms with Crippen molar-refractivity contribution in [1.82, 2.24) is 4.90 Å². The molecule has 0 saturated carbocycles. The van der Waals surface area contributed by atoms with Crippen LogP contribution in [0.15, 0.2) is 0 Å². The van der Waals surface area contributed by atoms with Crippen molar-refractivity contribution < 1.29 is 14.3 Å². The van der Waals surface area contributed by atoms with Gasteiger partial charge in [0.25, 0.3) is 0 Å². The van der Waals surface area contributed by atoms with E-state index in [1.54, 1.807) is 23.6 Å². The van der Waals surface area contributed by atoms with Crippen LogP contribution in [0.25, 0.3) is 0 Å². The highest BCUT2D eigenvalue weighted by atomic mass is 32.2. The number of rotatable bonds is 2. The van der Waals surface area contributed by atoms with E-state index in [4.69, 9.17) is 10.5 Å². The molecule has 2 rings (SSSR count). The van der Waals surface area contributed by atoms with E-state index in [0.717, 1.165) is 0 Å². The number of β-lactam (4-membered cyclic amide) rings is 1. The smallest absolute Gasteiger partial charge is 0.330 e. The lowest BCUT2D eigenvalue weighted by Gasteiger charge is -2.41. The van der Waals surface area contributed by atoms with Crippen LogP contribution in [0.2, 0.25) is 0 Å². The van der Waals surface area contributed by atoms with Crippen molar-refractivity contribution >= 4 is 23.6 Å². The van der Waals surface area contributed by atoms with E-state index in [1.807, 2.05) is 13.8 Å². The second-order valence-corrected chi connectivity index (χ2v) is 6.31. The number of ether oxygens (including phenoxy) is 1. The van der Waals surface area contributed by atoms with Crippen LogP contribution in [0.1, 0.15) is 20.8 Å². The highest BCUT2D eigenvalue weighted by molar-refractivity contribution is 8.01. The zero-order chi connectivity index (χ0) is 12.1. The van der Waals surface area contributed by atoms with Crippen molar-refractivity contribution in [3.05, 3.63) is 0 Å². The molecule has 3 atom stereocenters. The van der Waals surface area contributed by atoms with Gasteiger partial charge in [0.05, 0.1) is 6.61 Å². The number of nitrogens with zero attached hydrogens (tertiary/aromatic N) is 1. The molecule has 3 unspecified atom stereocenters. The Balaban J connectivity index is 2.22. The SMILES string of the molecule is CCOC(=O)C1N2C(=O)C(N)C2SC1(C)C. The number of hydrogen-bond donors (Lipinski definition) is 1. The third kappa shape index (κ3) is 1.43. The second-order valence-electron chi connectivity index (χ2n) is 4.54. The maximum atomic E-state index is 11.8. The molecule has 2 fully saturated rings. The number of hydrogen-bond acceptors (Lipinski definition) is 5. The molecule has 90 valence electrons. The summed E-state index contributed by atoms with van der Waals surface area (Å²) in [6.45, 7) is 5.97. The molecule has 5 nitrogen and oxygen atoms in total. The molecule has 0 aromatic rings. The molecular weight excluding hydrogens is 228 g/mol. The minimum Gasteiger partial charge on any atom is -0.464 e. The van der Waals surface area contributed by atoms with E-state index < -0.39 is 12.1 Å². The van der Waals surface area contributed by atoms with Gasteiger partial charge in [0.2, 0.25) is 5.91 Å². The van der Waals surface area contributed by atoms with Crippen LogP contribution in [-0.4, -0.2) is 45.6 Å². The van der Waals surface area contributed by atoms with Gasteiger partial charge in [0.1, 0.15) is 17.5 Å². The maximum absolute atomic E-state index is 11.8. The molecule has 2 heterocycles. The Kier molecular flexibility index (Phi) is 2.66. The number of esters is 1. The number of nitrogens with two attached hydrogens (primary N) is 1. The van der Waals surface area contributed by atoms with Gasteiger partial charge < -0.3 is 15.4 Å². The Bertz CT molecular complexity index is 345. The van der Waals surface area contributed by atoms with Crippen molar-refractivity contribution in [2.24, 2.45) is 5.73 Å². The largest absolute Gasteiger partial charge is 0.464 e. The summed E-state index contributed by atoms with van der Waals surface area (Å²) in [6.07, 6.45) is 0. The molecule has 0 bridgehead atoms. The van der Waals surface area contributed by atoms with Gasteiger partial charge in [0.15, 0.2) is 0 Å². The standard InChI is InChI=1S/C10H16N2O3S/c1-4-15-9(14)6-10(2,3)16-8-5(11)7(13)12(6)8/h5-6,8H,4,11H2,1-3H3. The van der Waals surface area contributed by atoms with Gasteiger partial charge in [-0.15, -0.1) is 11.8 Å². The Hall–Kier alpha value is -0.750. The van der Waals surface area contributed by atoms with Crippen molar-refractivity contribution in [2.45, 2.75) is 43.0 Å². The third-order valence-electron chi connectivity index (χ3n) is 2.99. The molecule has 0 aliphatic carbocycles. The predicted molar refractivity (Wildman–Crippen MR) is 60.7 cm³/mol. The first-order valence-corrected chi connectivity index (χ1v) is 6.20. The second kappa shape index (κ2) is 3.63. The lowest BCUT2D eigenvalue weighted by Crippen LogP contribution is -2.68. The summed E-state index contributed by atoms with van der Waals surface area (Å²) in [5.41, 5.74) is 5.70. The highest BCUT2D eigenvalue weighted by Crippen LogP contribution is 2.50. The third-order valence-corrected chi connectivity index (χ3v) is 4.58. The van der Waals surface area contributed by atoms with Crippen molar-refractivity contribution in [2.75, 3.05) is 6.61 Å². The van der Waals surface area contributed by atoms with Gasteiger partial charge >= 0.3 is 5.97 Å². The fraction of sp³-hybridized carbons (Fsp3) is 0.800. The van der Waals surface area contributed by atoms with E-state index in [0.29, 0.717) is 6.61 Å². The quantitative estimate of drug-likeness (QED) is 0.544. The van der Waals surface area contributed by atoms with Gasteiger partial charge in [-0.1, -0.05) is 0 Å². The minimum absolute atomic E-state index is 0.0723. The first-order valence-electron chi connectivity index (χ1n) is 5.32. The lowest BCUT2D eigenvalue weighted by atomic mass is 9.96. The summed E-state index contributed by atoms with van der Waals surface area (Å²) < 4.78 is 4.68. The Morgan fingerprint density at radius 2 is 2.25 bits per heavy atom. The number of carbonyl (C=O) groups excluding carboxylic acids is 2. The van der Waals surface area contributed by atoms with Gasteiger partial charge in [-0.25, -0.2) is 4.79 Å². The van der Waals surface area contributed by atoms with E-state index in [9.17, 15) is 9.59 Å². The Morgan fingerprint density at radius 1 is 1.62 bits per heavy atom. The summed E-state index contributed by atoms with van der Waals surface area (Å²) in [5.74, 6) is -0.483. The fourth-order valence-electron chi connectivity index (χ4n) is 2.24. The summed E-state index contributed by atoms with van der Waals surface area (Å²) in [6, 6.07) is -0.974. The van der Waals surface area contributed by atoms with Gasteiger partial charge in [-0.05, 0) is 20.8 Å². The predicted octanol–water partition coefficient (Wildman–Crippen LogP) is -0.0609. The first kappa shape index (κ1) is 11.7. The fourth-order valence-corrected chi connectivity index (χ4v) is 3.81. The summed E-state index contributed by atoms with van der Waals surface area (Å²) >= 11 is 1.57. The zero-order valence-corrected chi connectivity index (χ0v) is 10.4. The molecule has 16 heavy (non-hydrogen) atoms. The van der Waals surface area contributed by atoms with Crippen LogP contribution in [-0.2, 0) is 14.3 Å². The van der Waals surface area contributed by atoms with E-state index in [-0.39, 0.29) is 22.0 Å². The molecule has 2 aliphatic heterocycles. The highest BCUT2D eigenvalue weighted by Gasteiger charge is 2.62. The minimum atomic E-state index is -0.505. The molecule has 2 aliphatic rings. The summed E-state index contributed by atoms with van der Waals surface area (Å²) in [5, 5.41) is -0.0723. The maximum Gasteiger partial charge on any atom is 0.330 e. The van der Waals surface area contributed by atoms with Gasteiger partial charge in [0, 0.05) is 4.75 Å². The van der Waals surface area contributed by atoms with Crippen LogP contribution < -0.4 is 5.73 Å². The molecular formula is C10H16N2O3S. The topological polar surface area (TPSA) is 72.6 Å². The van der Waals surface area contributed by atoms with Crippen LogP contribution in [0, 0.1) is 0 Å². The number of thioether (sulfide) groups is 1. The zero-order valence-electron chi connectivity index (χ0n) is 9.60. The van der Waals surface area contributed by atoms with Crippen LogP contribution in [0.3, 0.4) is 0 Å². The summed E-state index contributed by atoms with van der Waals surface area (Å²) in [4.78, 5) is 25.0. The molecule has 0 spiro atoms. The van der Waals surface area contributed by atoms with Crippen LogP contribution >= 0.6 is 11.8 Å². The van der Waals surface area contributed by atoms with E-state index in [1.165, 1.54) is 0 Å². The molecule has 1 amide bonds. The molecule has 0 radical (unpaired) electrons. The molecule has 6 heteroatoms. The van der Waals surface area contributed by atoms with Gasteiger partial charge in [-0.2, -0.15) is 0 Å². The van der Waals surface area contributed by atoms with Crippen molar-refractivity contribution in [1.29, 1.82) is 0 Å². The molecule has 0 aromatic heterocycles. The number of amides is 1. The number of carbonyl (C=O) groups is 2. The van der Waals surface area contributed by atoms with Crippen LogP contribution in [0.4, 0.5) is 0 Å². The normalized spacial score (nSPS) is 35.6. The van der Waals surface area contributed by atoms with E-state index >= 15 is 0 Å². The van der Waals surface area contributed by atoms with Crippen molar-refractivity contribution in [3.63, 3.8) is 0 Å². The summed E-state index contributed by atoms with van der Waals surface area (Å²) in [7, 11) is 0. The molecule has 2 saturated heterocycles. The Morgan fingerprint density at radius 3 is 2.81 bits per heavy atom. The van der Waals surface area contributed by atoms with Crippen LogP contribution in [0.5, 0.6) is 0 Å².